The lowest BCUT2D eigenvalue weighted by Crippen LogP contribution is -3.14. The molecule has 4 heteroatoms. The highest BCUT2D eigenvalue weighted by Gasteiger charge is 2.22. The van der Waals surface area contributed by atoms with Crippen molar-refractivity contribution in [1.82, 2.24) is 5.32 Å². The van der Waals surface area contributed by atoms with E-state index in [1.807, 2.05) is 6.07 Å². The molecule has 0 bridgehead atoms. The van der Waals surface area contributed by atoms with Crippen molar-refractivity contribution in [1.29, 1.82) is 0 Å². The molecule has 2 rings (SSSR count). The molecule has 1 atom stereocenters. The van der Waals surface area contributed by atoms with Crippen molar-refractivity contribution in [2.24, 2.45) is 5.92 Å². The van der Waals surface area contributed by atoms with Crippen molar-refractivity contribution in [3.8, 4) is 0 Å². The third-order valence-corrected chi connectivity index (χ3v) is 4.79. The molecule has 1 aliphatic heterocycles. The van der Waals surface area contributed by atoms with E-state index in [1.54, 1.807) is 11.3 Å². The Hall–Kier alpha value is -0.870. The fraction of sp³-hybridized carbons (Fsp3) is 0.643. The maximum atomic E-state index is 12.0. The topological polar surface area (TPSA) is 33.5 Å². The van der Waals surface area contributed by atoms with Crippen LogP contribution in [0.5, 0.6) is 0 Å². The van der Waals surface area contributed by atoms with Crippen LogP contribution in [-0.4, -0.2) is 25.5 Å². The second-order valence-electron chi connectivity index (χ2n) is 5.41. The van der Waals surface area contributed by atoms with E-state index in [4.69, 9.17) is 0 Å². The summed E-state index contributed by atoms with van der Waals surface area (Å²) in [6.45, 7) is 7.26. The zero-order chi connectivity index (χ0) is 13.0. The largest absolute Gasteiger partial charge is 0.344 e. The maximum Gasteiger partial charge on any atom is 0.275 e. The highest BCUT2D eigenvalue weighted by atomic mass is 32.1. The first-order chi connectivity index (χ1) is 8.65. The second-order valence-corrected chi connectivity index (χ2v) is 6.39. The summed E-state index contributed by atoms with van der Waals surface area (Å²) in [5.74, 6) is 1.02. The number of thiophene rings is 1. The number of carbonyl (C=O) groups excluding carboxylic acids is 1. The third-order valence-electron chi connectivity index (χ3n) is 3.74. The number of rotatable bonds is 4. The minimum Gasteiger partial charge on any atom is -0.344 e. The molecule has 2 N–H and O–H groups in total. The van der Waals surface area contributed by atoms with Crippen LogP contribution in [0, 0.1) is 5.92 Å². The van der Waals surface area contributed by atoms with Gasteiger partial charge in [-0.3, -0.25) is 4.79 Å². The van der Waals surface area contributed by atoms with Crippen LogP contribution in [0.3, 0.4) is 0 Å². The monoisotopic (exact) mass is 267 g/mol. The Bertz CT molecular complexity index is 369. The summed E-state index contributed by atoms with van der Waals surface area (Å²) in [5.41, 5.74) is 0. The molecule has 0 radical (unpaired) electrons. The van der Waals surface area contributed by atoms with E-state index in [0.717, 1.165) is 19.0 Å². The van der Waals surface area contributed by atoms with E-state index in [1.165, 1.54) is 22.6 Å². The number of hydrogen-bond donors (Lipinski definition) is 2. The molecule has 100 valence electrons. The Labute approximate surface area is 113 Å². The van der Waals surface area contributed by atoms with E-state index >= 15 is 0 Å². The number of quaternary nitrogens is 1. The molecule has 0 saturated carbocycles. The summed E-state index contributed by atoms with van der Waals surface area (Å²) in [4.78, 5) is 14.6. The minimum absolute atomic E-state index is 0.139. The Morgan fingerprint density at radius 1 is 1.56 bits per heavy atom. The molecule has 2 heterocycles. The van der Waals surface area contributed by atoms with Crippen LogP contribution in [0.15, 0.2) is 17.5 Å². The van der Waals surface area contributed by atoms with Crippen LogP contribution in [0.25, 0.3) is 0 Å². The fourth-order valence-electron chi connectivity index (χ4n) is 2.48. The van der Waals surface area contributed by atoms with Crippen molar-refractivity contribution in [2.45, 2.75) is 32.7 Å². The molecule has 1 aromatic heterocycles. The maximum absolute atomic E-state index is 12.0. The van der Waals surface area contributed by atoms with Crippen LogP contribution in [0.1, 0.15) is 37.6 Å². The Morgan fingerprint density at radius 2 is 2.28 bits per heavy atom. The highest BCUT2D eigenvalue weighted by molar-refractivity contribution is 7.10. The molecule has 0 aromatic carbocycles. The Kier molecular flexibility index (Phi) is 4.78. The summed E-state index contributed by atoms with van der Waals surface area (Å²) in [5, 5.41) is 5.14. The van der Waals surface area contributed by atoms with Gasteiger partial charge >= 0.3 is 0 Å². The van der Waals surface area contributed by atoms with Crippen molar-refractivity contribution in [3.63, 3.8) is 0 Å². The van der Waals surface area contributed by atoms with Gasteiger partial charge in [0.15, 0.2) is 6.54 Å². The number of hydrogen-bond acceptors (Lipinski definition) is 2. The van der Waals surface area contributed by atoms with Crippen LogP contribution in [-0.2, 0) is 4.79 Å². The van der Waals surface area contributed by atoms with Crippen LogP contribution >= 0.6 is 11.3 Å². The molecular formula is C14H23N2OS+. The molecule has 18 heavy (non-hydrogen) atoms. The van der Waals surface area contributed by atoms with Crippen LogP contribution in [0.2, 0.25) is 0 Å². The summed E-state index contributed by atoms with van der Waals surface area (Å²) >= 11 is 1.70. The van der Waals surface area contributed by atoms with E-state index in [0.29, 0.717) is 6.54 Å². The smallest absolute Gasteiger partial charge is 0.275 e. The SMILES string of the molecule is CC1CC[NH+](CC(=O)N[C@@H](C)c2cccs2)CC1. The van der Waals surface area contributed by atoms with Gasteiger partial charge in [0, 0.05) is 4.88 Å². The van der Waals surface area contributed by atoms with Gasteiger partial charge in [0.1, 0.15) is 0 Å². The van der Waals surface area contributed by atoms with E-state index < -0.39 is 0 Å². The zero-order valence-corrected chi connectivity index (χ0v) is 12.1. The molecule has 1 fully saturated rings. The first-order valence-electron chi connectivity index (χ1n) is 6.81. The van der Waals surface area contributed by atoms with Gasteiger partial charge in [-0.05, 0) is 37.1 Å². The van der Waals surface area contributed by atoms with Gasteiger partial charge < -0.3 is 10.2 Å². The van der Waals surface area contributed by atoms with Crippen LogP contribution in [0.4, 0.5) is 0 Å². The lowest BCUT2D eigenvalue weighted by Gasteiger charge is -2.27. The lowest BCUT2D eigenvalue weighted by molar-refractivity contribution is -0.898. The van der Waals surface area contributed by atoms with E-state index in [-0.39, 0.29) is 11.9 Å². The molecule has 1 aromatic rings. The predicted octanol–water partition coefficient (Wildman–Crippen LogP) is 1.24. The summed E-state index contributed by atoms with van der Waals surface area (Å²) < 4.78 is 0. The highest BCUT2D eigenvalue weighted by Crippen LogP contribution is 2.17. The molecule has 0 aliphatic carbocycles. The quantitative estimate of drug-likeness (QED) is 0.845. The first kappa shape index (κ1) is 13.6. The van der Waals surface area contributed by atoms with Gasteiger partial charge in [0.05, 0.1) is 19.1 Å². The van der Waals surface area contributed by atoms with Gasteiger partial charge in [0.2, 0.25) is 0 Å². The van der Waals surface area contributed by atoms with Gasteiger partial charge in [-0.25, -0.2) is 0 Å². The van der Waals surface area contributed by atoms with E-state index in [9.17, 15) is 4.79 Å². The van der Waals surface area contributed by atoms with Crippen molar-refractivity contribution < 1.29 is 9.69 Å². The fourth-order valence-corrected chi connectivity index (χ4v) is 3.21. The Balaban J connectivity index is 1.75. The molecule has 0 spiro atoms. The lowest BCUT2D eigenvalue weighted by atomic mass is 9.99. The van der Waals surface area contributed by atoms with Gasteiger partial charge in [-0.15, -0.1) is 11.3 Å². The van der Waals surface area contributed by atoms with Gasteiger partial charge in [-0.2, -0.15) is 0 Å². The number of likely N-dealkylation sites (tertiary alicyclic amines) is 1. The average molecular weight is 267 g/mol. The van der Waals surface area contributed by atoms with Crippen molar-refractivity contribution in [3.05, 3.63) is 22.4 Å². The molecule has 0 unspecified atom stereocenters. The number of piperidine rings is 1. The molecule has 1 aliphatic rings. The minimum atomic E-state index is 0.139. The number of carbonyl (C=O) groups is 1. The first-order valence-corrected chi connectivity index (χ1v) is 7.69. The summed E-state index contributed by atoms with van der Waals surface area (Å²) in [7, 11) is 0. The molecule has 3 nitrogen and oxygen atoms in total. The zero-order valence-electron chi connectivity index (χ0n) is 11.2. The summed E-state index contributed by atoms with van der Waals surface area (Å²) in [6.07, 6.45) is 2.51. The van der Waals surface area contributed by atoms with E-state index in [2.05, 4.69) is 30.6 Å². The summed E-state index contributed by atoms with van der Waals surface area (Å²) in [6, 6.07) is 4.24. The Morgan fingerprint density at radius 3 is 2.89 bits per heavy atom. The van der Waals surface area contributed by atoms with Gasteiger partial charge in [-0.1, -0.05) is 13.0 Å². The average Bonchev–Trinajstić information content (AvgIpc) is 2.85. The second kappa shape index (κ2) is 6.34. The molecule has 1 saturated heterocycles. The van der Waals surface area contributed by atoms with Crippen molar-refractivity contribution >= 4 is 17.2 Å². The van der Waals surface area contributed by atoms with Crippen LogP contribution < -0.4 is 10.2 Å². The molecule has 1 amide bonds. The third kappa shape index (κ3) is 3.82. The number of amides is 1. The van der Waals surface area contributed by atoms with Crippen molar-refractivity contribution in [2.75, 3.05) is 19.6 Å². The molecular weight excluding hydrogens is 244 g/mol. The standard InChI is InChI=1S/C14H22N2OS/c1-11-5-7-16(8-6-11)10-14(17)15-12(2)13-4-3-9-18-13/h3-4,9,11-12H,5-8,10H2,1-2H3,(H,15,17)/p+1/t12-/m0/s1. The normalized spacial score (nSPS) is 25.7. The predicted molar refractivity (Wildman–Crippen MR) is 74.8 cm³/mol. The number of nitrogens with one attached hydrogen (secondary N) is 2. The van der Waals surface area contributed by atoms with Gasteiger partial charge in [0.25, 0.3) is 5.91 Å².